The number of benzene rings is 2. The molecule has 0 amide bonds. The highest BCUT2D eigenvalue weighted by Crippen LogP contribution is 2.37. The first kappa shape index (κ1) is 22.9. The van der Waals surface area contributed by atoms with Crippen molar-refractivity contribution in [1.82, 2.24) is 0 Å². The van der Waals surface area contributed by atoms with E-state index in [1.165, 1.54) is 16.2 Å². The van der Waals surface area contributed by atoms with E-state index in [-0.39, 0.29) is 11.1 Å². The third-order valence-corrected chi connectivity index (χ3v) is 10.9. The van der Waals surface area contributed by atoms with E-state index in [1.54, 1.807) is 11.9 Å². The van der Waals surface area contributed by atoms with Gasteiger partial charge in [-0.25, -0.2) is 4.40 Å². The minimum Gasteiger partial charge on any atom is -0.414 e. The molecule has 0 N–H and O–H groups in total. The maximum absolute atomic E-state index is 6.54. The van der Waals surface area contributed by atoms with Gasteiger partial charge in [0.15, 0.2) is 8.32 Å². The van der Waals surface area contributed by atoms with Gasteiger partial charge in [-0.1, -0.05) is 69.3 Å². The molecule has 4 heteroatoms. The number of hydrogen-bond donors (Lipinski definition) is 0. The van der Waals surface area contributed by atoms with Crippen LogP contribution < -0.4 is 0 Å². The molecule has 152 valence electrons. The molecule has 0 bridgehead atoms. The molecule has 28 heavy (non-hydrogen) atoms. The Kier molecular flexibility index (Phi) is 8.53. The molecule has 0 radical (unpaired) electrons. The molecule has 0 aromatic heterocycles. The molecule has 0 saturated carbocycles. The van der Waals surface area contributed by atoms with E-state index < -0.39 is 8.32 Å². The van der Waals surface area contributed by atoms with E-state index in [4.69, 9.17) is 8.82 Å². The summed E-state index contributed by atoms with van der Waals surface area (Å²) in [7, 11) is -1.73. The van der Waals surface area contributed by atoms with Crippen molar-refractivity contribution in [2.24, 2.45) is 4.40 Å². The molecule has 2 rings (SSSR count). The topological polar surface area (TPSA) is 21.6 Å². The zero-order valence-electron chi connectivity index (χ0n) is 18.2. The molecule has 0 aliphatic rings. The van der Waals surface area contributed by atoms with Crippen LogP contribution in [0.4, 0.5) is 0 Å². The Bertz CT molecular complexity index is 738. The van der Waals surface area contributed by atoms with E-state index >= 15 is 0 Å². The van der Waals surface area contributed by atoms with E-state index in [0.29, 0.717) is 0 Å². The predicted molar refractivity (Wildman–Crippen MR) is 127 cm³/mol. The van der Waals surface area contributed by atoms with Gasteiger partial charge in [0.2, 0.25) is 0 Å². The Morgan fingerprint density at radius 2 is 1.57 bits per heavy atom. The molecule has 2 aromatic carbocycles. The smallest absolute Gasteiger partial charge is 0.192 e. The van der Waals surface area contributed by atoms with Crippen molar-refractivity contribution in [1.29, 1.82) is 0 Å². The summed E-state index contributed by atoms with van der Waals surface area (Å²) in [4.78, 5) is 1.18. The van der Waals surface area contributed by atoms with Gasteiger partial charge in [0.05, 0.1) is 0 Å². The van der Waals surface area contributed by atoms with Gasteiger partial charge in [0, 0.05) is 35.1 Å². The van der Waals surface area contributed by atoms with Crippen molar-refractivity contribution in [3.8, 4) is 0 Å². The Labute approximate surface area is 177 Å². The lowest BCUT2D eigenvalue weighted by molar-refractivity contribution is 0.191. The zero-order valence-corrected chi connectivity index (χ0v) is 20.1. The van der Waals surface area contributed by atoms with Crippen LogP contribution in [-0.4, -0.2) is 20.1 Å². The van der Waals surface area contributed by atoms with Crippen molar-refractivity contribution < 1.29 is 4.43 Å². The van der Waals surface area contributed by atoms with Gasteiger partial charge in [-0.2, -0.15) is 0 Å². The fourth-order valence-electron chi connectivity index (χ4n) is 2.70. The number of nitrogens with zero attached hydrogens (tertiary/aromatic N) is 1. The van der Waals surface area contributed by atoms with Crippen molar-refractivity contribution in [3.05, 3.63) is 66.2 Å². The molecule has 0 aliphatic carbocycles. The Hall–Kier alpha value is -1.36. The van der Waals surface area contributed by atoms with Gasteiger partial charge >= 0.3 is 0 Å². The first-order valence-electron chi connectivity index (χ1n) is 10.2. The molecule has 0 saturated heterocycles. The minimum absolute atomic E-state index is 0.241. The van der Waals surface area contributed by atoms with E-state index in [2.05, 4.69) is 95.4 Å². The highest BCUT2D eigenvalue weighted by atomic mass is 32.2. The monoisotopic (exact) mass is 413 g/mol. The summed E-state index contributed by atoms with van der Waals surface area (Å²) in [5.74, 6) is 0. The van der Waals surface area contributed by atoms with Crippen LogP contribution in [0.25, 0.3) is 0 Å². The van der Waals surface area contributed by atoms with Crippen molar-refractivity contribution in [3.63, 3.8) is 0 Å². The standard InChI is InChI=1S/C24H35NOSSi/c1-20(26-28(5,6)24(2,3)4)17-18-22(19-21-13-9-7-10-14-21)25-27-23-15-11-8-12-16-23/h7-16,20H,17-19H2,1-6H3/b25-22+/t20-/m0/s1. The van der Waals surface area contributed by atoms with Crippen LogP contribution in [0.5, 0.6) is 0 Å². The fraction of sp³-hybridized carbons (Fsp3) is 0.458. The van der Waals surface area contributed by atoms with Gasteiger partial charge < -0.3 is 4.43 Å². The first-order chi connectivity index (χ1) is 13.2. The largest absolute Gasteiger partial charge is 0.414 e. The normalized spacial score (nSPS) is 14.1. The average molecular weight is 414 g/mol. The molecule has 0 heterocycles. The van der Waals surface area contributed by atoms with Gasteiger partial charge in [-0.15, -0.1) is 0 Å². The summed E-state index contributed by atoms with van der Waals surface area (Å²) in [5.41, 5.74) is 2.54. The Morgan fingerprint density at radius 3 is 2.14 bits per heavy atom. The first-order valence-corrected chi connectivity index (χ1v) is 13.8. The van der Waals surface area contributed by atoms with Crippen LogP contribution in [-0.2, 0) is 10.8 Å². The van der Waals surface area contributed by atoms with Crippen LogP contribution in [0.1, 0.15) is 46.1 Å². The number of rotatable bonds is 9. The van der Waals surface area contributed by atoms with Crippen LogP contribution in [0.3, 0.4) is 0 Å². The zero-order chi connectivity index (χ0) is 20.6. The molecule has 0 unspecified atom stereocenters. The van der Waals surface area contributed by atoms with E-state index in [1.807, 2.05) is 6.07 Å². The summed E-state index contributed by atoms with van der Waals surface area (Å²) in [6.45, 7) is 13.8. The van der Waals surface area contributed by atoms with Gasteiger partial charge in [-0.3, -0.25) is 0 Å². The number of hydrogen-bond acceptors (Lipinski definition) is 3. The van der Waals surface area contributed by atoms with Gasteiger partial charge in [-0.05, 0) is 55.6 Å². The second kappa shape index (κ2) is 10.4. The van der Waals surface area contributed by atoms with Gasteiger partial charge in [0.1, 0.15) is 0 Å². The molecular formula is C24H35NOSSi. The lowest BCUT2D eigenvalue weighted by Crippen LogP contribution is -2.43. The minimum atomic E-state index is -1.73. The van der Waals surface area contributed by atoms with Crippen LogP contribution >= 0.6 is 11.9 Å². The maximum atomic E-state index is 6.54. The molecule has 0 spiro atoms. The second-order valence-corrected chi connectivity index (χ2v) is 14.5. The lowest BCUT2D eigenvalue weighted by Gasteiger charge is -2.38. The molecule has 0 fully saturated rings. The fourth-order valence-corrected chi connectivity index (χ4v) is 4.85. The Morgan fingerprint density at radius 1 is 1.00 bits per heavy atom. The van der Waals surface area contributed by atoms with Gasteiger partial charge in [0.25, 0.3) is 0 Å². The highest BCUT2D eigenvalue weighted by Gasteiger charge is 2.38. The molecular weight excluding hydrogens is 378 g/mol. The molecule has 0 aliphatic heterocycles. The van der Waals surface area contributed by atoms with Crippen molar-refractivity contribution in [2.45, 2.75) is 76.1 Å². The van der Waals surface area contributed by atoms with Crippen LogP contribution in [0, 0.1) is 0 Å². The molecule has 2 nitrogen and oxygen atoms in total. The summed E-state index contributed by atoms with van der Waals surface area (Å²) in [6, 6.07) is 21.0. The second-order valence-electron chi connectivity index (χ2n) is 8.95. The summed E-state index contributed by atoms with van der Waals surface area (Å²) in [6.07, 6.45) is 3.12. The molecule has 2 aromatic rings. The average Bonchev–Trinajstić information content (AvgIpc) is 2.64. The summed E-state index contributed by atoms with van der Waals surface area (Å²) < 4.78 is 11.4. The van der Waals surface area contributed by atoms with E-state index in [9.17, 15) is 0 Å². The third-order valence-electron chi connectivity index (χ3n) is 5.42. The van der Waals surface area contributed by atoms with Crippen LogP contribution in [0.2, 0.25) is 18.1 Å². The Balaban J connectivity index is 2.02. The summed E-state index contributed by atoms with van der Waals surface area (Å²) in [5, 5.41) is 0.241. The predicted octanol–water partition coefficient (Wildman–Crippen LogP) is 7.57. The molecule has 1 atom stereocenters. The lowest BCUT2D eigenvalue weighted by atomic mass is 10.0. The quantitative estimate of drug-likeness (QED) is 0.240. The third kappa shape index (κ3) is 7.57. The van der Waals surface area contributed by atoms with Crippen molar-refractivity contribution in [2.75, 3.05) is 0 Å². The highest BCUT2D eigenvalue weighted by molar-refractivity contribution is 7.98. The van der Waals surface area contributed by atoms with Crippen LogP contribution in [0.15, 0.2) is 70.0 Å². The van der Waals surface area contributed by atoms with E-state index in [0.717, 1.165) is 19.3 Å². The SMILES string of the molecule is C[C@@H](CC/C(Cc1ccccc1)=N\Sc1ccccc1)O[Si](C)(C)C(C)(C)C. The maximum Gasteiger partial charge on any atom is 0.192 e. The summed E-state index contributed by atoms with van der Waals surface area (Å²) >= 11 is 1.57. The van der Waals surface area contributed by atoms with Crippen molar-refractivity contribution >= 4 is 26.0 Å².